The van der Waals surface area contributed by atoms with Crippen molar-refractivity contribution >= 4 is 196 Å². The van der Waals surface area contributed by atoms with Gasteiger partial charge in [-0.25, -0.2) is 19.9 Å². The van der Waals surface area contributed by atoms with Gasteiger partial charge in [0.05, 0.1) is 88.4 Å². The predicted molar refractivity (Wildman–Crippen MR) is 427 cm³/mol. The van der Waals surface area contributed by atoms with Gasteiger partial charge in [-0.1, -0.05) is 164 Å². The molecule has 0 bridgehead atoms. The third kappa shape index (κ3) is 6.76. The number of rotatable bonds is 6. The second-order valence-electron chi connectivity index (χ2n) is 28.3. The molecule has 10 nitrogen and oxygen atoms in total. The Balaban J connectivity index is 0.649. The van der Waals surface area contributed by atoms with E-state index in [1.165, 1.54) is 43.7 Å². The van der Waals surface area contributed by atoms with Gasteiger partial charge in [-0.2, -0.15) is 0 Å². The largest absolute Gasteiger partial charge is 0.456 e. The first-order valence-corrected chi connectivity index (χ1v) is 35.4. The van der Waals surface area contributed by atoms with E-state index in [1.807, 2.05) is 0 Å². The highest BCUT2D eigenvalue weighted by Gasteiger charge is 2.31. The number of aromatic nitrogens is 8. The highest BCUT2D eigenvalue weighted by atomic mass is 16.3. The van der Waals surface area contributed by atoms with E-state index in [4.69, 9.17) is 28.8 Å². The van der Waals surface area contributed by atoms with Crippen LogP contribution >= 0.6 is 0 Å². The Morgan fingerprint density at radius 3 is 1.28 bits per heavy atom. The van der Waals surface area contributed by atoms with Crippen molar-refractivity contribution in [3.63, 3.8) is 0 Å². The Bertz CT molecular complexity index is 8310. The first-order valence-electron chi connectivity index (χ1n) is 35.4. The number of hydrogen-bond donors (Lipinski definition) is 0. The van der Waals surface area contributed by atoms with Crippen molar-refractivity contribution in [2.45, 2.75) is 0 Å². The molecule has 0 atom stereocenters. The average molecular weight is 1320 g/mol. The van der Waals surface area contributed by atoms with Crippen LogP contribution in [0, 0.1) is 0 Å². The molecule has 0 radical (unpaired) electrons. The molecule has 10 heterocycles. The molecule has 0 amide bonds. The van der Waals surface area contributed by atoms with E-state index >= 15 is 0 Å². The second kappa shape index (κ2) is 19.0. The van der Waals surface area contributed by atoms with Gasteiger partial charge >= 0.3 is 0 Å². The van der Waals surface area contributed by atoms with Crippen LogP contribution < -0.4 is 0 Å². The number of furan rings is 2. The predicted octanol–water partition coefficient (Wildman–Crippen LogP) is 24.6. The Kier molecular flexibility index (Phi) is 9.81. The van der Waals surface area contributed by atoms with Crippen molar-refractivity contribution in [2.75, 3.05) is 0 Å². The third-order valence-corrected chi connectivity index (χ3v) is 23.2. The summed E-state index contributed by atoms with van der Waals surface area (Å²) in [6, 6.07) is 106. The molecular formula is C94H48N8O2. The zero-order valence-electron chi connectivity index (χ0n) is 55.1. The molecule has 0 fully saturated rings. The van der Waals surface area contributed by atoms with E-state index in [2.05, 4.69) is 309 Å². The molecule has 0 unspecified atom stereocenters. The maximum atomic E-state index is 6.80. The highest BCUT2D eigenvalue weighted by molar-refractivity contribution is 6.39. The van der Waals surface area contributed by atoms with Crippen LogP contribution in [0.4, 0.5) is 0 Å². The normalized spacial score (nSPS) is 12.8. The van der Waals surface area contributed by atoms with Crippen molar-refractivity contribution in [1.29, 1.82) is 0 Å². The molecule has 0 aliphatic heterocycles. The Labute approximate surface area is 587 Å². The molecule has 0 aliphatic rings. The highest BCUT2D eigenvalue weighted by Crippen LogP contribution is 2.52. The Morgan fingerprint density at radius 2 is 0.635 bits per heavy atom. The monoisotopic (exact) mass is 1320 g/mol. The summed E-state index contributed by atoms with van der Waals surface area (Å²) in [5.41, 5.74) is 24.4. The lowest BCUT2D eigenvalue weighted by atomic mass is 9.94. The maximum Gasteiger partial charge on any atom is 0.235 e. The zero-order valence-corrected chi connectivity index (χ0v) is 55.1. The van der Waals surface area contributed by atoms with Crippen LogP contribution in [0.5, 0.6) is 0 Å². The van der Waals surface area contributed by atoms with Crippen LogP contribution in [0.1, 0.15) is 0 Å². The Morgan fingerprint density at radius 1 is 0.212 bits per heavy atom. The van der Waals surface area contributed by atoms with Crippen molar-refractivity contribution < 1.29 is 8.83 Å². The van der Waals surface area contributed by atoms with Crippen LogP contribution in [0.25, 0.3) is 253 Å². The van der Waals surface area contributed by atoms with Gasteiger partial charge in [0.2, 0.25) is 11.9 Å². The SMILES string of the molecule is c1ccc(-c2ccc3cc(-c4nc(-n5c6ccc7oc8ccc9c%10ccccc%10n%10c%11cccc5c%11c6c7c8c9%10)nc5cc(-c6ccc7ccc8cc(-c9nc(-n%10c%11ccc%12oc%13ccc%14c%15ccccc%15n%15c%16cccc%10c%16c%11c%12c%13c%14%15)nc%10ccccc9%10)ccc8c7c6)ccc45)ccc3c2)cc1. The molecule has 0 saturated heterocycles. The molecule has 104 heavy (non-hydrogen) atoms. The number of nitrogens with zero attached hydrogens (tertiary/aromatic N) is 8. The Hall–Kier alpha value is -14.2. The van der Waals surface area contributed by atoms with E-state index in [1.54, 1.807) is 0 Å². The summed E-state index contributed by atoms with van der Waals surface area (Å²) in [7, 11) is 0. The number of fused-ring (bicyclic) bond motifs is 14. The summed E-state index contributed by atoms with van der Waals surface area (Å²) >= 11 is 0. The molecule has 26 aromatic rings. The van der Waals surface area contributed by atoms with Crippen LogP contribution in [-0.2, 0) is 0 Å². The molecule has 10 aromatic heterocycles. The summed E-state index contributed by atoms with van der Waals surface area (Å²) < 4.78 is 23.0. The lowest BCUT2D eigenvalue weighted by Crippen LogP contribution is -2.04. The molecular weight excluding hydrogens is 1270 g/mol. The molecule has 0 spiro atoms. The quantitative estimate of drug-likeness (QED) is 0.154. The van der Waals surface area contributed by atoms with E-state index in [9.17, 15) is 0 Å². The van der Waals surface area contributed by atoms with Crippen LogP contribution in [-0.4, -0.2) is 37.9 Å². The minimum absolute atomic E-state index is 0.592. The molecule has 10 heteroatoms. The number of para-hydroxylation sites is 3. The first-order chi connectivity index (χ1) is 51.5. The minimum Gasteiger partial charge on any atom is -0.456 e. The van der Waals surface area contributed by atoms with Gasteiger partial charge in [0.25, 0.3) is 0 Å². The van der Waals surface area contributed by atoms with E-state index in [0.29, 0.717) is 11.9 Å². The smallest absolute Gasteiger partial charge is 0.235 e. The van der Waals surface area contributed by atoms with Gasteiger partial charge in [0, 0.05) is 75.8 Å². The molecule has 0 saturated carbocycles. The summed E-state index contributed by atoms with van der Waals surface area (Å²) in [6.07, 6.45) is 0. The van der Waals surface area contributed by atoms with Crippen molar-refractivity contribution in [3.05, 3.63) is 291 Å². The summed E-state index contributed by atoms with van der Waals surface area (Å²) in [5.74, 6) is 1.20. The van der Waals surface area contributed by atoms with Gasteiger partial charge in [0.1, 0.15) is 22.3 Å². The summed E-state index contributed by atoms with van der Waals surface area (Å²) in [5, 5.41) is 22.7. The molecule has 0 N–H and O–H groups in total. The number of benzene rings is 16. The lowest BCUT2D eigenvalue weighted by Gasteiger charge is -2.14. The standard InChI is InChI=1S/C94H48N8O2/c1-2-12-49(13-3-1)51-27-28-53-45-57(31-29-52(53)44-51)90-65-35-32-55(48-68(65)96-94(98-90)102-74-23-11-21-72-82(74)84-76(102)39-43-78-86(84)88-80(104-78)41-37-63-61-15-6-9-19-70(61)100(72)92(63)88)54-26-24-50-25-30-56-46-58(33-34-59(56)66(50)47-54)89-64-16-4-7-17-67(64)95-93(97-89)101-73-22-10-20-71-81(73)83-75(101)38-42-77-85(83)87-79(103-77)40-36-62-60-14-5-8-18-69(60)99(71)91(62)87/h1-48H. The fourth-order valence-corrected chi connectivity index (χ4v) is 18.8. The van der Waals surface area contributed by atoms with Crippen molar-refractivity contribution in [2.24, 2.45) is 0 Å². The number of hydrogen-bond acceptors (Lipinski definition) is 6. The van der Waals surface area contributed by atoms with Gasteiger partial charge in [-0.15, -0.1) is 0 Å². The fraction of sp³-hybridized carbons (Fsp3) is 0. The summed E-state index contributed by atoms with van der Waals surface area (Å²) in [4.78, 5) is 22.6. The maximum absolute atomic E-state index is 6.80. The van der Waals surface area contributed by atoms with Crippen LogP contribution in [0.3, 0.4) is 0 Å². The summed E-state index contributed by atoms with van der Waals surface area (Å²) in [6.45, 7) is 0. The van der Waals surface area contributed by atoms with Crippen molar-refractivity contribution in [3.8, 4) is 56.7 Å². The average Bonchev–Trinajstić information content (AvgIpc) is 1.52. The third-order valence-electron chi connectivity index (χ3n) is 23.2. The molecule has 0 aliphatic carbocycles. The minimum atomic E-state index is 0.592. The molecule has 26 rings (SSSR count). The molecule has 16 aromatic carbocycles. The van der Waals surface area contributed by atoms with E-state index in [0.717, 1.165) is 197 Å². The van der Waals surface area contributed by atoms with Crippen LogP contribution in [0.15, 0.2) is 300 Å². The van der Waals surface area contributed by atoms with Crippen LogP contribution in [0.2, 0.25) is 0 Å². The first kappa shape index (κ1) is 53.7. The van der Waals surface area contributed by atoms with Gasteiger partial charge < -0.3 is 17.6 Å². The van der Waals surface area contributed by atoms with Gasteiger partial charge in [-0.3, -0.25) is 9.13 Å². The fourth-order valence-electron chi connectivity index (χ4n) is 18.8. The van der Waals surface area contributed by atoms with E-state index < -0.39 is 0 Å². The molecule has 476 valence electrons. The topological polar surface area (TPSA) is 96.5 Å². The zero-order chi connectivity index (χ0) is 67.1. The lowest BCUT2D eigenvalue weighted by molar-refractivity contribution is 0.669. The second-order valence-corrected chi connectivity index (χ2v) is 28.3. The van der Waals surface area contributed by atoms with Gasteiger partial charge in [-0.05, 0) is 182 Å². The van der Waals surface area contributed by atoms with Gasteiger partial charge in [0.15, 0.2) is 0 Å². The van der Waals surface area contributed by atoms with Crippen molar-refractivity contribution in [1.82, 2.24) is 37.9 Å². The van der Waals surface area contributed by atoms with E-state index in [-0.39, 0.29) is 0 Å².